The van der Waals surface area contributed by atoms with Crippen LogP contribution in [0.3, 0.4) is 0 Å². The lowest BCUT2D eigenvalue weighted by molar-refractivity contribution is -0.385. The van der Waals surface area contributed by atoms with Gasteiger partial charge in [-0.1, -0.05) is 11.6 Å². The van der Waals surface area contributed by atoms with Crippen molar-refractivity contribution in [3.05, 3.63) is 75.3 Å². The van der Waals surface area contributed by atoms with Crippen LogP contribution in [0.25, 0.3) is 0 Å². The molecule has 0 radical (unpaired) electrons. The van der Waals surface area contributed by atoms with Gasteiger partial charge in [0.15, 0.2) is 0 Å². The first-order valence-electron chi connectivity index (χ1n) is 12.2. The Morgan fingerprint density at radius 1 is 1.00 bits per heavy atom. The van der Waals surface area contributed by atoms with Crippen LogP contribution in [0.1, 0.15) is 24.2 Å². The lowest BCUT2D eigenvalue weighted by atomic mass is 10.1. The number of nitrogens with zero attached hydrogens (tertiary/aromatic N) is 2. The van der Waals surface area contributed by atoms with E-state index in [1.54, 1.807) is 30.3 Å². The number of morpholine rings is 1. The standard InChI is InChI=1S/C27H28ClN3O7/c1-3-36-25-17-22(30-11-13-35-14-12-30)26(37-4-2)16-21(25)29-27(32)18-5-8-20(9-6-18)38-24-10-7-19(28)15-23(24)31(33)34/h5-10,15-17H,3-4,11-14H2,1-2H3,(H,29,32). The van der Waals surface area contributed by atoms with Gasteiger partial charge in [-0.25, -0.2) is 0 Å². The van der Waals surface area contributed by atoms with Gasteiger partial charge in [-0.05, 0) is 50.2 Å². The minimum absolute atomic E-state index is 0.0433. The molecule has 1 aliphatic heterocycles. The molecule has 10 nitrogen and oxygen atoms in total. The van der Waals surface area contributed by atoms with E-state index >= 15 is 0 Å². The van der Waals surface area contributed by atoms with Gasteiger partial charge in [0, 0.05) is 41.9 Å². The number of anilines is 2. The first kappa shape index (κ1) is 27.0. The van der Waals surface area contributed by atoms with E-state index in [1.165, 1.54) is 18.2 Å². The smallest absolute Gasteiger partial charge is 0.313 e. The normalized spacial score (nSPS) is 13.1. The van der Waals surface area contributed by atoms with Gasteiger partial charge in [-0.15, -0.1) is 0 Å². The summed E-state index contributed by atoms with van der Waals surface area (Å²) >= 11 is 5.86. The first-order valence-corrected chi connectivity index (χ1v) is 12.6. The largest absolute Gasteiger partial charge is 0.492 e. The Hall–Kier alpha value is -4.02. The third kappa shape index (κ3) is 6.45. The van der Waals surface area contributed by atoms with Crippen LogP contribution in [0.15, 0.2) is 54.6 Å². The quantitative estimate of drug-likeness (QED) is 0.248. The average Bonchev–Trinajstić information content (AvgIpc) is 2.92. The van der Waals surface area contributed by atoms with Gasteiger partial charge in [0.05, 0.1) is 42.7 Å². The second kappa shape index (κ2) is 12.5. The second-order valence-electron chi connectivity index (χ2n) is 8.23. The predicted octanol–water partition coefficient (Wildman–Crippen LogP) is 5.93. The van der Waals surface area contributed by atoms with Crippen LogP contribution in [-0.2, 0) is 4.74 Å². The molecule has 1 saturated heterocycles. The number of carbonyl (C=O) groups is 1. The maximum Gasteiger partial charge on any atom is 0.313 e. The number of carbonyl (C=O) groups excluding carboxylic acids is 1. The predicted molar refractivity (Wildman–Crippen MR) is 144 cm³/mol. The molecule has 0 spiro atoms. The van der Waals surface area contributed by atoms with Crippen molar-refractivity contribution in [2.45, 2.75) is 13.8 Å². The number of nitro benzene ring substituents is 1. The number of benzene rings is 3. The average molecular weight is 542 g/mol. The van der Waals surface area contributed by atoms with Crippen molar-refractivity contribution in [2.24, 2.45) is 0 Å². The Labute approximate surface area is 225 Å². The summed E-state index contributed by atoms with van der Waals surface area (Å²) in [6.45, 7) is 7.36. The number of ether oxygens (including phenoxy) is 4. The molecule has 200 valence electrons. The van der Waals surface area contributed by atoms with Gasteiger partial charge in [0.25, 0.3) is 5.91 Å². The molecule has 0 aliphatic carbocycles. The molecule has 3 aromatic carbocycles. The number of amides is 1. The zero-order valence-electron chi connectivity index (χ0n) is 21.1. The van der Waals surface area contributed by atoms with Gasteiger partial charge in [-0.2, -0.15) is 0 Å². The van der Waals surface area contributed by atoms with E-state index < -0.39 is 4.92 Å². The molecule has 0 saturated carbocycles. The third-order valence-electron chi connectivity index (χ3n) is 5.72. The lowest BCUT2D eigenvalue weighted by Crippen LogP contribution is -2.36. The molecule has 0 atom stereocenters. The fraction of sp³-hybridized carbons (Fsp3) is 0.296. The molecule has 38 heavy (non-hydrogen) atoms. The van der Waals surface area contributed by atoms with Crippen LogP contribution >= 0.6 is 11.6 Å². The summed E-state index contributed by atoms with van der Waals surface area (Å²) in [5.41, 5.74) is 1.47. The van der Waals surface area contributed by atoms with Crippen LogP contribution in [-0.4, -0.2) is 50.3 Å². The van der Waals surface area contributed by atoms with Gasteiger partial charge < -0.3 is 29.2 Å². The number of nitro groups is 1. The minimum Gasteiger partial charge on any atom is -0.492 e. The topological polar surface area (TPSA) is 112 Å². The molecule has 0 aromatic heterocycles. The second-order valence-corrected chi connectivity index (χ2v) is 8.67. The molecule has 0 bridgehead atoms. The number of nitrogens with one attached hydrogen (secondary N) is 1. The van der Waals surface area contributed by atoms with E-state index in [-0.39, 0.29) is 22.4 Å². The summed E-state index contributed by atoms with van der Waals surface area (Å²) in [4.78, 5) is 26.0. The minimum atomic E-state index is -0.570. The highest BCUT2D eigenvalue weighted by atomic mass is 35.5. The molecule has 0 unspecified atom stereocenters. The van der Waals surface area contributed by atoms with Gasteiger partial charge in [0.1, 0.15) is 17.2 Å². The highest BCUT2D eigenvalue weighted by molar-refractivity contribution is 6.30. The molecular formula is C27H28ClN3O7. The van der Waals surface area contributed by atoms with Gasteiger partial charge in [0.2, 0.25) is 5.75 Å². The van der Waals surface area contributed by atoms with Crippen molar-refractivity contribution in [1.29, 1.82) is 0 Å². The zero-order chi connectivity index (χ0) is 27.1. The Morgan fingerprint density at radius 2 is 1.68 bits per heavy atom. The highest BCUT2D eigenvalue weighted by Crippen LogP contribution is 2.40. The van der Waals surface area contributed by atoms with E-state index in [0.717, 1.165) is 18.8 Å². The number of hydrogen-bond acceptors (Lipinski definition) is 8. The van der Waals surface area contributed by atoms with Crippen molar-refractivity contribution in [3.63, 3.8) is 0 Å². The number of rotatable bonds is 10. The summed E-state index contributed by atoms with van der Waals surface area (Å²) in [5, 5.41) is 14.5. The molecular weight excluding hydrogens is 514 g/mol. The Bertz CT molecular complexity index is 1290. The fourth-order valence-corrected chi connectivity index (χ4v) is 4.13. The third-order valence-corrected chi connectivity index (χ3v) is 5.96. The molecule has 3 aromatic rings. The lowest BCUT2D eigenvalue weighted by Gasteiger charge is -2.31. The summed E-state index contributed by atoms with van der Waals surface area (Å²) in [6.07, 6.45) is 0. The summed E-state index contributed by atoms with van der Waals surface area (Å²) in [6, 6.07) is 14.1. The Kier molecular flexibility index (Phi) is 8.88. The molecule has 1 fully saturated rings. The van der Waals surface area contributed by atoms with Crippen LogP contribution in [0.5, 0.6) is 23.0 Å². The zero-order valence-corrected chi connectivity index (χ0v) is 21.8. The molecule has 1 aliphatic rings. The molecule has 1 amide bonds. The van der Waals surface area contributed by atoms with Crippen molar-refractivity contribution in [1.82, 2.24) is 0 Å². The van der Waals surface area contributed by atoms with Crippen LogP contribution in [0, 0.1) is 10.1 Å². The Balaban J connectivity index is 1.54. The van der Waals surface area contributed by atoms with Gasteiger partial charge >= 0.3 is 5.69 Å². The number of halogens is 1. The monoisotopic (exact) mass is 541 g/mol. The van der Waals surface area contributed by atoms with E-state index in [1.807, 2.05) is 19.9 Å². The van der Waals surface area contributed by atoms with Crippen LogP contribution in [0.2, 0.25) is 5.02 Å². The molecule has 1 N–H and O–H groups in total. The highest BCUT2D eigenvalue weighted by Gasteiger charge is 2.21. The molecule has 4 rings (SSSR count). The van der Waals surface area contributed by atoms with Crippen molar-refractivity contribution < 1.29 is 28.7 Å². The van der Waals surface area contributed by atoms with E-state index in [4.69, 9.17) is 30.5 Å². The van der Waals surface area contributed by atoms with Crippen LogP contribution in [0.4, 0.5) is 17.1 Å². The summed E-state index contributed by atoms with van der Waals surface area (Å²) in [5.74, 6) is 1.18. The number of hydrogen-bond donors (Lipinski definition) is 1. The summed E-state index contributed by atoms with van der Waals surface area (Å²) < 4.78 is 22.9. The van der Waals surface area contributed by atoms with E-state index in [2.05, 4.69) is 10.2 Å². The SMILES string of the molecule is CCOc1cc(N2CCOCC2)c(OCC)cc1NC(=O)c1ccc(Oc2ccc(Cl)cc2[N+](=O)[O-])cc1. The maximum absolute atomic E-state index is 13.1. The Morgan fingerprint density at radius 3 is 2.34 bits per heavy atom. The van der Waals surface area contributed by atoms with E-state index in [0.29, 0.717) is 54.9 Å². The molecule has 11 heteroatoms. The van der Waals surface area contributed by atoms with Crippen molar-refractivity contribution in [3.8, 4) is 23.0 Å². The van der Waals surface area contributed by atoms with Crippen LogP contribution < -0.4 is 24.4 Å². The molecule has 1 heterocycles. The summed E-state index contributed by atoms with van der Waals surface area (Å²) in [7, 11) is 0. The van der Waals surface area contributed by atoms with Crippen molar-refractivity contribution in [2.75, 3.05) is 49.7 Å². The van der Waals surface area contributed by atoms with Gasteiger partial charge in [-0.3, -0.25) is 14.9 Å². The fourth-order valence-electron chi connectivity index (χ4n) is 3.96. The maximum atomic E-state index is 13.1. The van der Waals surface area contributed by atoms with E-state index in [9.17, 15) is 14.9 Å². The van der Waals surface area contributed by atoms with Crippen molar-refractivity contribution >= 4 is 34.6 Å². The first-order chi connectivity index (χ1) is 18.4.